The summed E-state index contributed by atoms with van der Waals surface area (Å²) >= 11 is 0. The first-order valence-electron chi connectivity index (χ1n) is 15.6. The molecular formula is C32H44N6O2. The molecule has 2 saturated carbocycles. The minimum atomic E-state index is -0.155. The number of hydrogen-bond donors (Lipinski definition) is 2. The smallest absolute Gasteiger partial charge is 0.224 e. The van der Waals surface area contributed by atoms with E-state index in [-0.39, 0.29) is 23.3 Å². The van der Waals surface area contributed by atoms with Crippen LogP contribution in [0.15, 0.2) is 30.6 Å². The van der Waals surface area contributed by atoms with Crippen molar-refractivity contribution in [2.75, 3.05) is 19.6 Å². The molecule has 2 N–H and O–H groups in total. The van der Waals surface area contributed by atoms with Gasteiger partial charge in [-0.2, -0.15) is 5.10 Å². The van der Waals surface area contributed by atoms with Crippen molar-refractivity contribution in [3.8, 4) is 11.3 Å². The molecule has 214 valence electrons. The molecule has 1 amide bonds. The number of carbonyl (C=O) groups excluding carboxylic acids is 2. The fraction of sp³-hybridized carbons (Fsp3) is 0.625. The normalized spacial score (nSPS) is 21.1. The molecule has 1 aromatic carbocycles. The summed E-state index contributed by atoms with van der Waals surface area (Å²) < 4.78 is 2.10. The number of nitrogens with one attached hydrogen (secondary N) is 2. The predicted octanol–water partition coefficient (Wildman–Crippen LogP) is 5.97. The monoisotopic (exact) mass is 544 g/mol. The molecule has 0 radical (unpaired) electrons. The minimum absolute atomic E-state index is 0.121. The van der Waals surface area contributed by atoms with Crippen molar-refractivity contribution in [3.05, 3.63) is 36.4 Å². The molecule has 0 unspecified atom stereocenters. The minimum Gasteiger partial charge on any atom is -0.346 e. The van der Waals surface area contributed by atoms with E-state index in [0.29, 0.717) is 24.7 Å². The lowest BCUT2D eigenvalue weighted by Crippen LogP contribution is -2.37. The van der Waals surface area contributed by atoms with Gasteiger partial charge in [-0.1, -0.05) is 32.8 Å². The van der Waals surface area contributed by atoms with E-state index < -0.39 is 0 Å². The standard InChI is InChI=1S/C32H44N6O2/c1-3-25(39)8-6-5-7-9-28(35-31(40)26-19-32(26)14-16-37(4-2)17-15-32)30-33-20-29(34-30)22-10-13-27-23(18-22)21-38(36-27)24-11-12-24/h10,13,18,20-21,24,26,28H,3-9,11-12,14-17,19H2,1-2H3,(H,33,34)(H,35,40)/t26-,28+/m1/s1. The van der Waals surface area contributed by atoms with Crippen LogP contribution in [0.25, 0.3) is 22.2 Å². The summed E-state index contributed by atoms with van der Waals surface area (Å²) in [5.41, 5.74) is 3.26. The summed E-state index contributed by atoms with van der Waals surface area (Å²) in [6.45, 7) is 7.44. The van der Waals surface area contributed by atoms with E-state index in [0.717, 1.165) is 92.6 Å². The van der Waals surface area contributed by atoms with Crippen LogP contribution in [0.3, 0.4) is 0 Å². The highest BCUT2D eigenvalue weighted by atomic mass is 16.2. The zero-order valence-electron chi connectivity index (χ0n) is 24.1. The number of ketones is 1. The summed E-state index contributed by atoms with van der Waals surface area (Å²) in [6, 6.07) is 6.76. The lowest BCUT2D eigenvalue weighted by molar-refractivity contribution is -0.124. The van der Waals surface area contributed by atoms with E-state index in [9.17, 15) is 9.59 Å². The Morgan fingerprint density at radius 3 is 2.73 bits per heavy atom. The SMILES string of the molecule is CCC(=O)CCCCC[C@H](NC(=O)[C@H]1CC12CCN(CC)CC2)c1ncc(-c2ccc3nn(C4CC4)cc3c2)[nH]1. The highest BCUT2D eigenvalue weighted by Gasteiger charge is 2.58. The van der Waals surface area contributed by atoms with Crippen LogP contribution in [0.2, 0.25) is 0 Å². The van der Waals surface area contributed by atoms with E-state index in [2.05, 4.69) is 51.2 Å². The molecule has 1 spiro atoms. The number of H-pyrrole nitrogens is 1. The number of aromatic nitrogens is 4. The number of piperidine rings is 1. The second-order valence-corrected chi connectivity index (χ2v) is 12.4. The maximum Gasteiger partial charge on any atom is 0.224 e. The summed E-state index contributed by atoms with van der Waals surface area (Å²) in [7, 11) is 0. The van der Waals surface area contributed by atoms with Crippen molar-refractivity contribution >= 4 is 22.6 Å². The molecule has 3 aliphatic rings. The average molecular weight is 545 g/mol. The van der Waals surface area contributed by atoms with Gasteiger partial charge in [0.1, 0.15) is 11.6 Å². The molecule has 2 atom stereocenters. The van der Waals surface area contributed by atoms with E-state index in [1.54, 1.807) is 0 Å². The second-order valence-electron chi connectivity index (χ2n) is 12.4. The predicted molar refractivity (Wildman–Crippen MR) is 157 cm³/mol. The van der Waals surface area contributed by atoms with Crippen LogP contribution in [0.1, 0.15) is 102 Å². The number of fused-ring (bicyclic) bond motifs is 1. The van der Waals surface area contributed by atoms with Crippen LogP contribution in [-0.2, 0) is 9.59 Å². The number of likely N-dealkylation sites (tertiary alicyclic amines) is 1. The van der Waals surface area contributed by atoms with E-state index in [4.69, 9.17) is 10.1 Å². The Balaban J connectivity index is 1.14. The van der Waals surface area contributed by atoms with Crippen molar-refractivity contribution in [1.82, 2.24) is 30.0 Å². The summed E-state index contributed by atoms with van der Waals surface area (Å²) in [5, 5.41) is 9.26. The maximum absolute atomic E-state index is 13.5. The molecular weight excluding hydrogens is 500 g/mol. The van der Waals surface area contributed by atoms with E-state index in [1.165, 1.54) is 12.8 Å². The number of amides is 1. The van der Waals surface area contributed by atoms with E-state index in [1.807, 2.05) is 13.1 Å². The molecule has 1 saturated heterocycles. The highest BCUT2D eigenvalue weighted by Crippen LogP contribution is 2.59. The largest absolute Gasteiger partial charge is 0.346 e. The van der Waals surface area contributed by atoms with Gasteiger partial charge in [-0.05, 0) is 82.1 Å². The van der Waals surface area contributed by atoms with Crippen molar-refractivity contribution in [3.63, 3.8) is 0 Å². The number of carbonyl (C=O) groups is 2. The fourth-order valence-electron chi connectivity index (χ4n) is 6.56. The Morgan fingerprint density at radius 1 is 1.15 bits per heavy atom. The Labute approximate surface area is 237 Å². The molecule has 2 aromatic heterocycles. The summed E-state index contributed by atoms with van der Waals surface area (Å²) in [6.07, 6.45) is 14.6. The van der Waals surface area contributed by atoms with Crippen LogP contribution in [-0.4, -0.2) is 56.0 Å². The van der Waals surface area contributed by atoms with Gasteiger partial charge in [0.2, 0.25) is 5.91 Å². The van der Waals surface area contributed by atoms with Crippen LogP contribution in [0.5, 0.6) is 0 Å². The van der Waals surface area contributed by atoms with Crippen molar-refractivity contribution in [1.29, 1.82) is 0 Å². The third-order valence-corrected chi connectivity index (χ3v) is 9.64. The Hall–Kier alpha value is -3.00. The topological polar surface area (TPSA) is 95.9 Å². The van der Waals surface area contributed by atoms with Crippen LogP contribution < -0.4 is 5.32 Å². The Morgan fingerprint density at radius 2 is 1.98 bits per heavy atom. The van der Waals surface area contributed by atoms with Gasteiger partial charge >= 0.3 is 0 Å². The third kappa shape index (κ3) is 5.87. The van der Waals surface area contributed by atoms with E-state index >= 15 is 0 Å². The first kappa shape index (κ1) is 27.2. The van der Waals surface area contributed by atoms with Gasteiger partial charge in [0.05, 0.1) is 29.5 Å². The molecule has 8 nitrogen and oxygen atoms in total. The van der Waals surface area contributed by atoms with Crippen molar-refractivity contribution in [2.24, 2.45) is 11.3 Å². The molecule has 6 rings (SSSR count). The third-order valence-electron chi connectivity index (χ3n) is 9.64. The summed E-state index contributed by atoms with van der Waals surface area (Å²) in [4.78, 5) is 36.0. The second kappa shape index (κ2) is 11.5. The molecule has 40 heavy (non-hydrogen) atoms. The molecule has 3 heterocycles. The van der Waals surface area contributed by atoms with Crippen LogP contribution in [0, 0.1) is 11.3 Å². The van der Waals surface area contributed by atoms with Gasteiger partial charge in [-0.3, -0.25) is 14.3 Å². The molecule has 1 aliphatic heterocycles. The van der Waals surface area contributed by atoms with Crippen LogP contribution in [0.4, 0.5) is 0 Å². The summed E-state index contributed by atoms with van der Waals surface area (Å²) in [5.74, 6) is 1.45. The maximum atomic E-state index is 13.5. The average Bonchev–Trinajstić information content (AvgIpc) is 3.84. The molecule has 2 aliphatic carbocycles. The van der Waals surface area contributed by atoms with Gasteiger partial charge in [-0.15, -0.1) is 0 Å². The Bertz CT molecular complexity index is 1350. The zero-order chi connectivity index (χ0) is 27.7. The number of imidazole rings is 1. The number of unbranched alkanes of at least 4 members (excludes halogenated alkanes) is 2. The molecule has 3 aromatic rings. The highest BCUT2D eigenvalue weighted by molar-refractivity contribution is 5.84. The molecule has 3 fully saturated rings. The first-order valence-corrected chi connectivity index (χ1v) is 15.6. The lowest BCUT2D eigenvalue weighted by Gasteiger charge is -2.32. The number of hydrogen-bond acceptors (Lipinski definition) is 5. The van der Waals surface area contributed by atoms with Gasteiger partial charge < -0.3 is 15.2 Å². The lowest BCUT2D eigenvalue weighted by atomic mass is 9.90. The number of benzene rings is 1. The molecule has 8 heteroatoms. The van der Waals surface area contributed by atoms with Gasteiger partial charge in [0, 0.05) is 35.9 Å². The first-order chi connectivity index (χ1) is 19.5. The zero-order valence-corrected chi connectivity index (χ0v) is 24.1. The van der Waals surface area contributed by atoms with Gasteiger partial charge in [0.15, 0.2) is 0 Å². The molecule has 0 bridgehead atoms. The van der Waals surface area contributed by atoms with Gasteiger partial charge in [-0.25, -0.2) is 4.98 Å². The number of nitrogens with zero attached hydrogens (tertiary/aromatic N) is 4. The number of aromatic amines is 1. The fourth-order valence-corrected chi connectivity index (χ4v) is 6.56. The van der Waals surface area contributed by atoms with Crippen LogP contribution >= 0.6 is 0 Å². The quantitative estimate of drug-likeness (QED) is 0.259. The van der Waals surface area contributed by atoms with Crippen molar-refractivity contribution < 1.29 is 9.59 Å². The van der Waals surface area contributed by atoms with Crippen molar-refractivity contribution in [2.45, 2.75) is 96.6 Å². The number of rotatable bonds is 13. The van der Waals surface area contributed by atoms with Gasteiger partial charge in [0.25, 0.3) is 0 Å². The number of Topliss-reactive ketones (excluding diaryl/α,β-unsaturated/α-hetero) is 1. The Kier molecular flexibility index (Phi) is 7.80.